The van der Waals surface area contributed by atoms with Crippen molar-refractivity contribution >= 4 is 5.57 Å². The molecule has 0 N–H and O–H groups in total. The molecule has 85 valence electrons. The zero-order valence-corrected chi connectivity index (χ0v) is 10.1. The molecule has 1 fully saturated rings. The Labute approximate surface area is 103 Å². The van der Waals surface area contributed by atoms with Crippen LogP contribution in [0.1, 0.15) is 37.7 Å². The molecule has 0 heteroatoms. The van der Waals surface area contributed by atoms with Gasteiger partial charge in [0.1, 0.15) is 0 Å². The predicted molar refractivity (Wildman–Crippen MR) is 72.3 cm³/mol. The molecular formula is C17H17. The summed E-state index contributed by atoms with van der Waals surface area (Å²) < 4.78 is 0. The minimum absolute atomic E-state index is 1.27. The third-order valence-electron chi connectivity index (χ3n) is 3.63. The Kier molecular flexibility index (Phi) is 2.96. The Morgan fingerprint density at radius 3 is 2.41 bits per heavy atom. The molecular weight excluding hydrogens is 204 g/mol. The quantitative estimate of drug-likeness (QED) is 0.644. The number of rotatable bonds is 1. The summed E-state index contributed by atoms with van der Waals surface area (Å²) in [5.41, 5.74) is 5.56. The van der Waals surface area contributed by atoms with Crippen molar-refractivity contribution in [3.8, 4) is 0 Å². The monoisotopic (exact) mass is 221 g/mol. The standard InChI is InChI=1S/C17H17/c1-3-7-14(8-4-1)16-11-12-17(13-16)15-9-5-2-6-10-15/h1,3-4,7-8,11,13H,2,5-6,9-10H2. The first-order chi connectivity index (χ1) is 8.43. The first kappa shape index (κ1) is 10.6. The molecule has 1 aromatic rings. The zero-order chi connectivity index (χ0) is 11.5. The van der Waals surface area contributed by atoms with Crippen LogP contribution in [0.2, 0.25) is 0 Å². The molecule has 0 atom stereocenters. The highest BCUT2D eigenvalue weighted by molar-refractivity contribution is 5.80. The van der Waals surface area contributed by atoms with Gasteiger partial charge >= 0.3 is 0 Å². The van der Waals surface area contributed by atoms with Crippen LogP contribution >= 0.6 is 0 Å². The molecule has 2 aliphatic rings. The van der Waals surface area contributed by atoms with Gasteiger partial charge in [0.15, 0.2) is 0 Å². The van der Waals surface area contributed by atoms with E-state index in [-0.39, 0.29) is 0 Å². The summed E-state index contributed by atoms with van der Waals surface area (Å²) in [6, 6.07) is 10.6. The van der Waals surface area contributed by atoms with Crippen LogP contribution in [0.4, 0.5) is 0 Å². The Hall–Kier alpha value is -1.56. The summed E-state index contributed by atoms with van der Waals surface area (Å²) in [7, 11) is 0. The highest BCUT2D eigenvalue weighted by Gasteiger charge is 2.12. The Morgan fingerprint density at radius 2 is 1.65 bits per heavy atom. The molecule has 1 saturated carbocycles. The summed E-state index contributed by atoms with van der Waals surface area (Å²) in [6.45, 7) is 0. The van der Waals surface area contributed by atoms with Crippen molar-refractivity contribution in [3.63, 3.8) is 0 Å². The van der Waals surface area contributed by atoms with Crippen LogP contribution < -0.4 is 0 Å². The fourth-order valence-corrected chi connectivity index (χ4v) is 2.64. The number of allylic oxidation sites excluding steroid dienone is 6. The Balaban J connectivity index is 1.89. The van der Waals surface area contributed by atoms with Crippen molar-refractivity contribution in [2.45, 2.75) is 32.1 Å². The molecule has 0 aliphatic heterocycles. The molecule has 17 heavy (non-hydrogen) atoms. The van der Waals surface area contributed by atoms with E-state index >= 15 is 0 Å². The van der Waals surface area contributed by atoms with Crippen LogP contribution in [0.25, 0.3) is 5.57 Å². The van der Waals surface area contributed by atoms with E-state index in [1.165, 1.54) is 48.8 Å². The molecule has 0 aromatic heterocycles. The highest BCUT2D eigenvalue weighted by Crippen LogP contribution is 2.31. The van der Waals surface area contributed by atoms with Gasteiger partial charge in [-0.25, -0.2) is 0 Å². The molecule has 0 amide bonds. The maximum absolute atomic E-state index is 3.44. The normalized spacial score (nSPS) is 19.6. The summed E-state index contributed by atoms with van der Waals surface area (Å²) in [4.78, 5) is 0. The average molecular weight is 221 g/mol. The lowest BCUT2D eigenvalue weighted by Gasteiger charge is -2.14. The van der Waals surface area contributed by atoms with Crippen LogP contribution in [-0.4, -0.2) is 0 Å². The van der Waals surface area contributed by atoms with E-state index < -0.39 is 0 Å². The zero-order valence-electron chi connectivity index (χ0n) is 10.1. The van der Waals surface area contributed by atoms with Gasteiger partial charge in [-0.1, -0.05) is 42.3 Å². The Bertz CT molecular complexity index is 478. The molecule has 1 radical (unpaired) electrons. The lowest BCUT2D eigenvalue weighted by molar-refractivity contribution is 0.596. The summed E-state index contributed by atoms with van der Waals surface area (Å²) in [6.07, 6.45) is 14.5. The van der Waals surface area contributed by atoms with E-state index in [0.29, 0.717) is 0 Å². The maximum Gasteiger partial charge on any atom is -0.00993 e. The summed E-state index contributed by atoms with van der Waals surface area (Å²) >= 11 is 0. The van der Waals surface area contributed by atoms with Crippen LogP contribution in [-0.2, 0) is 0 Å². The summed E-state index contributed by atoms with van der Waals surface area (Å²) in [5.74, 6) is 0. The van der Waals surface area contributed by atoms with E-state index in [1.54, 1.807) is 5.57 Å². The van der Waals surface area contributed by atoms with Crippen molar-refractivity contribution < 1.29 is 0 Å². The smallest absolute Gasteiger partial charge is 0.00993 e. The molecule has 1 aromatic carbocycles. The molecule has 0 unspecified atom stereocenters. The maximum atomic E-state index is 3.44. The van der Waals surface area contributed by atoms with E-state index in [9.17, 15) is 0 Å². The van der Waals surface area contributed by atoms with Crippen molar-refractivity contribution in [1.29, 1.82) is 0 Å². The minimum Gasteiger partial charge on any atom is -0.0623 e. The third-order valence-corrected chi connectivity index (χ3v) is 3.63. The fraction of sp³-hybridized carbons (Fsp3) is 0.294. The van der Waals surface area contributed by atoms with Crippen LogP contribution in [0.15, 0.2) is 53.6 Å². The highest BCUT2D eigenvalue weighted by atomic mass is 14.2. The van der Waals surface area contributed by atoms with Crippen molar-refractivity contribution in [2.24, 2.45) is 0 Å². The van der Waals surface area contributed by atoms with Crippen molar-refractivity contribution in [3.05, 3.63) is 65.3 Å². The molecule has 0 nitrogen and oxygen atoms in total. The second-order valence-corrected chi connectivity index (χ2v) is 4.83. The molecule has 0 saturated heterocycles. The van der Waals surface area contributed by atoms with Gasteiger partial charge in [-0.05, 0) is 60.6 Å². The van der Waals surface area contributed by atoms with Gasteiger partial charge in [0.05, 0.1) is 0 Å². The van der Waals surface area contributed by atoms with Crippen LogP contribution in [0.5, 0.6) is 0 Å². The van der Waals surface area contributed by atoms with Crippen molar-refractivity contribution in [1.82, 2.24) is 0 Å². The molecule has 0 spiro atoms. The number of benzene rings is 1. The SMILES string of the molecule is [C]1=CC(c2ccccc2)=CC1=C1CCCCC1. The van der Waals surface area contributed by atoms with Crippen molar-refractivity contribution in [2.75, 3.05) is 0 Å². The predicted octanol–water partition coefficient (Wildman–Crippen LogP) is 4.70. The fourth-order valence-electron chi connectivity index (χ4n) is 2.64. The van der Waals surface area contributed by atoms with Gasteiger partial charge in [0, 0.05) is 0 Å². The topological polar surface area (TPSA) is 0 Å². The Morgan fingerprint density at radius 1 is 0.882 bits per heavy atom. The lowest BCUT2D eigenvalue weighted by atomic mass is 9.91. The van der Waals surface area contributed by atoms with Gasteiger partial charge in [-0.15, -0.1) is 0 Å². The molecule has 2 aliphatic carbocycles. The third kappa shape index (κ3) is 2.26. The van der Waals surface area contributed by atoms with E-state index in [4.69, 9.17) is 0 Å². The lowest BCUT2D eigenvalue weighted by Crippen LogP contribution is -1.95. The van der Waals surface area contributed by atoms with E-state index in [2.05, 4.69) is 48.6 Å². The van der Waals surface area contributed by atoms with E-state index in [0.717, 1.165) is 0 Å². The van der Waals surface area contributed by atoms with Crippen LogP contribution in [0, 0.1) is 6.08 Å². The second kappa shape index (κ2) is 4.75. The average Bonchev–Trinajstić information content (AvgIpc) is 2.90. The largest absolute Gasteiger partial charge is 0.0623 e. The molecule has 3 rings (SSSR count). The number of hydrogen-bond acceptors (Lipinski definition) is 0. The van der Waals surface area contributed by atoms with Gasteiger partial charge in [-0.3, -0.25) is 0 Å². The first-order valence-corrected chi connectivity index (χ1v) is 6.52. The van der Waals surface area contributed by atoms with E-state index in [1.807, 2.05) is 0 Å². The minimum atomic E-state index is 1.27. The van der Waals surface area contributed by atoms with Crippen LogP contribution in [0.3, 0.4) is 0 Å². The second-order valence-electron chi connectivity index (χ2n) is 4.83. The summed E-state index contributed by atoms with van der Waals surface area (Å²) in [5, 5.41) is 0. The van der Waals surface area contributed by atoms with Gasteiger partial charge in [0.25, 0.3) is 0 Å². The van der Waals surface area contributed by atoms with Gasteiger partial charge in [0.2, 0.25) is 0 Å². The molecule has 0 bridgehead atoms. The van der Waals surface area contributed by atoms with Gasteiger partial charge in [-0.2, -0.15) is 0 Å². The molecule has 0 heterocycles. The first-order valence-electron chi connectivity index (χ1n) is 6.52. The number of hydrogen-bond donors (Lipinski definition) is 0. The van der Waals surface area contributed by atoms with Gasteiger partial charge < -0.3 is 0 Å².